The summed E-state index contributed by atoms with van der Waals surface area (Å²) >= 11 is 0. The van der Waals surface area contributed by atoms with E-state index in [0.717, 1.165) is 47.3 Å². The van der Waals surface area contributed by atoms with Crippen molar-refractivity contribution < 1.29 is 4.74 Å². The molecule has 0 spiro atoms. The predicted octanol–water partition coefficient (Wildman–Crippen LogP) is 3.18. The molecule has 0 saturated carbocycles. The van der Waals surface area contributed by atoms with Gasteiger partial charge in [-0.3, -0.25) is 0 Å². The Morgan fingerprint density at radius 1 is 1.00 bits per heavy atom. The number of hydrogen-bond acceptors (Lipinski definition) is 4. The summed E-state index contributed by atoms with van der Waals surface area (Å²) in [5, 5.41) is 18.9. The summed E-state index contributed by atoms with van der Waals surface area (Å²) in [4.78, 5) is 0. The average molecular weight is 289 g/mol. The molecule has 0 unspecified atom stereocenters. The van der Waals surface area contributed by atoms with Crippen LogP contribution < -0.4 is 10.5 Å². The van der Waals surface area contributed by atoms with Crippen molar-refractivity contribution in [3.63, 3.8) is 0 Å². The number of fused-ring (bicyclic) bond motifs is 1. The van der Waals surface area contributed by atoms with Crippen LogP contribution in [0.3, 0.4) is 0 Å². The van der Waals surface area contributed by atoms with Crippen molar-refractivity contribution in [2.24, 2.45) is 0 Å². The van der Waals surface area contributed by atoms with Crippen molar-refractivity contribution in [2.75, 3.05) is 12.8 Å². The molecular formula is C18H15N3O. The Morgan fingerprint density at radius 3 is 2.23 bits per heavy atom. The van der Waals surface area contributed by atoms with Crippen LogP contribution in [0.5, 0.6) is 5.75 Å². The van der Waals surface area contributed by atoms with Crippen LogP contribution in [-0.4, -0.2) is 7.11 Å². The van der Waals surface area contributed by atoms with Gasteiger partial charge >= 0.3 is 0 Å². The van der Waals surface area contributed by atoms with Crippen LogP contribution in [0.2, 0.25) is 0 Å². The molecule has 3 rings (SSSR count). The lowest BCUT2D eigenvalue weighted by atomic mass is 9.88. The summed E-state index contributed by atoms with van der Waals surface area (Å²) in [6, 6.07) is 12.0. The van der Waals surface area contributed by atoms with Crippen LogP contribution >= 0.6 is 0 Å². The van der Waals surface area contributed by atoms with Crippen LogP contribution in [-0.2, 0) is 12.8 Å². The third-order valence-electron chi connectivity index (χ3n) is 4.21. The number of benzene rings is 2. The van der Waals surface area contributed by atoms with Crippen molar-refractivity contribution in [1.82, 2.24) is 0 Å². The van der Waals surface area contributed by atoms with Gasteiger partial charge in [-0.1, -0.05) is 12.1 Å². The number of anilines is 1. The van der Waals surface area contributed by atoms with E-state index in [9.17, 15) is 10.5 Å². The first-order chi connectivity index (χ1) is 10.7. The molecular weight excluding hydrogens is 274 g/mol. The molecule has 22 heavy (non-hydrogen) atoms. The molecule has 1 aliphatic rings. The second-order valence-electron chi connectivity index (χ2n) is 5.30. The first-order valence-corrected chi connectivity index (χ1v) is 7.13. The van der Waals surface area contributed by atoms with Gasteiger partial charge in [0.2, 0.25) is 0 Å². The maximum absolute atomic E-state index is 9.55. The number of hydrogen-bond donors (Lipinski definition) is 1. The highest BCUT2D eigenvalue weighted by Crippen LogP contribution is 2.41. The Kier molecular flexibility index (Phi) is 3.45. The minimum atomic E-state index is 0.302. The minimum Gasteiger partial charge on any atom is -0.497 e. The number of methoxy groups -OCH3 is 1. The molecule has 0 radical (unpaired) electrons. The summed E-state index contributed by atoms with van der Waals surface area (Å²) in [6.45, 7) is 0. The fraction of sp³-hybridized carbons (Fsp3) is 0.222. The summed E-state index contributed by atoms with van der Waals surface area (Å²) in [5.41, 5.74) is 11.2. The zero-order valence-electron chi connectivity index (χ0n) is 12.3. The van der Waals surface area contributed by atoms with Crippen molar-refractivity contribution >= 4 is 5.69 Å². The fourth-order valence-electron chi connectivity index (χ4n) is 3.19. The number of nitrogen functional groups attached to an aromatic ring is 1. The van der Waals surface area contributed by atoms with E-state index in [1.54, 1.807) is 7.11 Å². The molecule has 0 saturated heterocycles. The first-order valence-electron chi connectivity index (χ1n) is 7.13. The predicted molar refractivity (Wildman–Crippen MR) is 84.3 cm³/mol. The van der Waals surface area contributed by atoms with E-state index in [4.69, 9.17) is 10.5 Å². The summed E-state index contributed by atoms with van der Waals surface area (Å²) in [6.07, 6.45) is 2.71. The number of ether oxygens (including phenoxy) is 1. The largest absolute Gasteiger partial charge is 0.497 e. The molecule has 0 amide bonds. The van der Waals surface area contributed by atoms with Gasteiger partial charge in [0, 0.05) is 5.56 Å². The van der Waals surface area contributed by atoms with Gasteiger partial charge in [0.1, 0.15) is 17.9 Å². The SMILES string of the molecule is COc1ccc(-c2c(C#N)c(N)c(C#N)c3c2CCC3)cc1. The highest BCUT2D eigenvalue weighted by atomic mass is 16.5. The lowest BCUT2D eigenvalue weighted by Crippen LogP contribution is -2.04. The Balaban J connectivity index is 2.32. The molecule has 108 valence electrons. The standard InChI is InChI=1S/C18H15N3O/c1-22-12-7-5-11(6-8-12)17-14-4-2-3-13(14)15(9-19)18(21)16(17)10-20/h5-8H,2-4,21H2,1H3. The number of nitriles is 2. The Hall–Kier alpha value is -2.98. The van der Waals surface area contributed by atoms with Crippen molar-refractivity contribution in [3.8, 4) is 29.0 Å². The molecule has 0 aliphatic heterocycles. The van der Waals surface area contributed by atoms with Crippen LogP contribution in [0, 0.1) is 22.7 Å². The topological polar surface area (TPSA) is 82.8 Å². The Labute approximate surface area is 129 Å². The third-order valence-corrected chi connectivity index (χ3v) is 4.21. The van der Waals surface area contributed by atoms with E-state index in [-0.39, 0.29) is 0 Å². The zero-order valence-corrected chi connectivity index (χ0v) is 12.3. The van der Waals surface area contributed by atoms with E-state index in [2.05, 4.69) is 12.1 Å². The first kappa shape index (κ1) is 14.0. The quantitative estimate of drug-likeness (QED) is 0.861. The molecule has 4 nitrogen and oxygen atoms in total. The van der Waals surface area contributed by atoms with Gasteiger partial charge in [-0.25, -0.2) is 0 Å². The van der Waals surface area contributed by atoms with Crippen molar-refractivity contribution in [3.05, 3.63) is 46.5 Å². The molecule has 4 heteroatoms. The zero-order chi connectivity index (χ0) is 15.7. The maximum atomic E-state index is 9.55. The highest BCUT2D eigenvalue weighted by molar-refractivity contribution is 5.85. The van der Waals surface area contributed by atoms with Gasteiger partial charge in [-0.2, -0.15) is 10.5 Å². The number of nitrogens with zero attached hydrogens (tertiary/aromatic N) is 2. The highest BCUT2D eigenvalue weighted by Gasteiger charge is 2.26. The molecule has 0 bridgehead atoms. The summed E-state index contributed by atoms with van der Waals surface area (Å²) in [5.74, 6) is 0.764. The van der Waals surface area contributed by atoms with Gasteiger partial charge in [-0.05, 0) is 48.1 Å². The minimum absolute atomic E-state index is 0.302. The van der Waals surface area contributed by atoms with Crippen molar-refractivity contribution in [1.29, 1.82) is 10.5 Å². The van der Waals surface area contributed by atoms with Gasteiger partial charge in [0.25, 0.3) is 0 Å². The monoisotopic (exact) mass is 289 g/mol. The maximum Gasteiger partial charge on any atom is 0.118 e. The molecule has 0 fully saturated rings. The summed E-state index contributed by atoms with van der Waals surface area (Å²) < 4.78 is 5.18. The molecule has 2 aromatic rings. The van der Waals surface area contributed by atoms with Gasteiger partial charge in [0.15, 0.2) is 0 Å². The molecule has 0 heterocycles. The normalized spacial score (nSPS) is 12.3. The Bertz CT molecular complexity index is 820. The smallest absolute Gasteiger partial charge is 0.118 e. The van der Waals surface area contributed by atoms with Gasteiger partial charge in [0.05, 0.1) is 23.9 Å². The molecule has 1 aliphatic carbocycles. The van der Waals surface area contributed by atoms with Crippen LogP contribution in [0.15, 0.2) is 24.3 Å². The van der Waals surface area contributed by atoms with Crippen molar-refractivity contribution in [2.45, 2.75) is 19.3 Å². The molecule has 0 aromatic heterocycles. The van der Waals surface area contributed by atoms with Crippen LogP contribution in [0.25, 0.3) is 11.1 Å². The number of nitrogens with two attached hydrogens (primary N) is 1. The van der Waals surface area contributed by atoms with E-state index in [1.165, 1.54) is 0 Å². The molecule has 2 aromatic carbocycles. The number of rotatable bonds is 2. The van der Waals surface area contributed by atoms with E-state index in [1.807, 2.05) is 24.3 Å². The molecule has 0 atom stereocenters. The van der Waals surface area contributed by atoms with E-state index < -0.39 is 0 Å². The van der Waals surface area contributed by atoms with Crippen LogP contribution in [0.1, 0.15) is 28.7 Å². The second-order valence-corrected chi connectivity index (χ2v) is 5.30. The second kappa shape index (κ2) is 5.42. The summed E-state index contributed by atoms with van der Waals surface area (Å²) in [7, 11) is 1.62. The van der Waals surface area contributed by atoms with Crippen LogP contribution in [0.4, 0.5) is 5.69 Å². The van der Waals surface area contributed by atoms with Gasteiger partial charge in [-0.15, -0.1) is 0 Å². The fourth-order valence-corrected chi connectivity index (χ4v) is 3.19. The third kappa shape index (κ3) is 1.98. The van der Waals surface area contributed by atoms with Gasteiger partial charge < -0.3 is 10.5 Å². The lowest BCUT2D eigenvalue weighted by molar-refractivity contribution is 0.415. The molecule has 2 N–H and O–H groups in total. The average Bonchev–Trinajstić information content (AvgIpc) is 3.03. The van der Waals surface area contributed by atoms with E-state index >= 15 is 0 Å². The van der Waals surface area contributed by atoms with E-state index in [0.29, 0.717) is 16.8 Å². The lowest BCUT2D eigenvalue weighted by Gasteiger charge is -2.16. The Morgan fingerprint density at radius 2 is 1.64 bits per heavy atom.